The molecule has 1 aliphatic rings. The molecular weight excluding hydrogens is 314 g/mol. The van der Waals surface area contributed by atoms with Crippen molar-refractivity contribution in [2.24, 2.45) is 0 Å². The number of hydrogen-bond donors (Lipinski definition) is 2. The summed E-state index contributed by atoms with van der Waals surface area (Å²) in [4.78, 5) is 21.9. The maximum absolute atomic E-state index is 10.6. The van der Waals surface area contributed by atoms with Crippen LogP contribution >= 0.6 is 15.9 Å². The first-order chi connectivity index (χ1) is 9.04. The molecule has 1 atom stereocenters. The molecule has 0 aliphatic carbocycles. The fourth-order valence-corrected chi connectivity index (χ4v) is 1.99. The minimum Gasteiger partial charge on any atom is -0.480 e. The zero-order chi connectivity index (χ0) is 13.8. The van der Waals surface area contributed by atoms with Gasteiger partial charge < -0.3 is 5.11 Å². The summed E-state index contributed by atoms with van der Waals surface area (Å²) in [5.74, 6) is -0.854. The highest BCUT2D eigenvalue weighted by Gasteiger charge is 2.20. The molecule has 1 aromatic heterocycles. The number of nitrogens with zero attached hydrogens (tertiary/aromatic N) is 2. The van der Waals surface area contributed by atoms with Crippen molar-refractivity contribution < 1.29 is 14.7 Å². The van der Waals surface area contributed by atoms with Gasteiger partial charge >= 0.3 is 5.97 Å². The first-order valence-corrected chi connectivity index (χ1v) is 6.49. The van der Waals surface area contributed by atoms with Crippen molar-refractivity contribution in [1.82, 2.24) is 15.4 Å². The van der Waals surface area contributed by atoms with Gasteiger partial charge in [-0.15, -0.1) is 0 Å². The Labute approximate surface area is 119 Å². The molecule has 0 bridgehead atoms. The van der Waals surface area contributed by atoms with Gasteiger partial charge in [0.2, 0.25) is 0 Å². The number of carboxylic acid groups (broad SMARTS) is 1. The third-order valence-corrected chi connectivity index (χ3v) is 3.04. The Morgan fingerprint density at radius 3 is 3.05 bits per heavy atom. The van der Waals surface area contributed by atoms with Gasteiger partial charge in [-0.05, 0) is 41.2 Å². The van der Waals surface area contributed by atoms with Crippen molar-refractivity contribution in [2.75, 3.05) is 20.1 Å². The van der Waals surface area contributed by atoms with E-state index >= 15 is 0 Å². The molecule has 0 aromatic carbocycles. The molecule has 0 saturated heterocycles. The SMILES string of the molecule is CN(CC(=O)O)C[C@@H]1C=C(c2ccc(Br)cn2)NO1. The molecule has 0 fully saturated rings. The maximum atomic E-state index is 10.6. The van der Waals surface area contributed by atoms with E-state index in [0.29, 0.717) is 6.54 Å². The van der Waals surface area contributed by atoms with Crippen molar-refractivity contribution in [3.05, 3.63) is 34.6 Å². The summed E-state index contributed by atoms with van der Waals surface area (Å²) in [6.45, 7) is 0.485. The minimum absolute atomic E-state index is 0.0143. The second kappa shape index (κ2) is 6.14. The third kappa shape index (κ3) is 4.02. The molecule has 0 radical (unpaired) electrons. The van der Waals surface area contributed by atoms with Crippen LogP contribution < -0.4 is 5.48 Å². The van der Waals surface area contributed by atoms with E-state index in [1.807, 2.05) is 18.2 Å². The van der Waals surface area contributed by atoms with E-state index < -0.39 is 5.97 Å². The minimum atomic E-state index is -0.854. The Morgan fingerprint density at radius 1 is 1.63 bits per heavy atom. The summed E-state index contributed by atoms with van der Waals surface area (Å²) in [7, 11) is 1.74. The second-order valence-corrected chi connectivity index (χ2v) is 5.21. The quantitative estimate of drug-likeness (QED) is 0.843. The van der Waals surface area contributed by atoms with Crippen molar-refractivity contribution in [1.29, 1.82) is 0 Å². The lowest BCUT2D eigenvalue weighted by atomic mass is 10.2. The van der Waals surface area contributed by atoms with Gasteiger partial charge in [-0.3, -0.25) is 25.0 Å². The van der Waals surface area contributed by atoms with E-state index in [9.17, 15) is 4.79 Å². The highest BCUT2D eigenvalue weighted by atomic mass is 79.9. The summed E-state index contributed by atoms with van der Waals surface area (Å²) in [6, 6.07) is 3.77. The van der Waals surface area contributed by atoms with E-state index in [0.717, 1.165) is 15.9 Å². The number of rotatable bonds is 5. The lowest BCUT2D eigenvalue weighted by Gasteiger charge is -2.16. The van der Waals surface area contributed by atoms with Crippen LogP contribution in [-0.4, -0.2) is 47.2 Å². The number of carboxylic acids is 1. The molecule has 19 heavy (non-hydrogen) atoms. The predicted octanol–water partition coefficient (Wildman–Crippen LogP) is 1.10. The molecule has 102 valence electrons. The lowest BCUT2D eigenvalue weighted by Crippen LogP contribution is -2.33. The van der Waals surface area contributed by atoms with Crippen LogP contribution in [0.15, 0.2) is 28.9 Å². The molecular formula is C12H14BrN3O3. The molecule has 0 spiro atoms. The largest absolute Gasteiger partial charge is 0.480 e. The fraction of sp³-hybridized carbons (Fsp3) is 0.333. The molecule has 1 aromatic rings. The molecule has 2 heterocycles. The predicted molar refractivity (Wildman–Crippen MR) is 73.1 cm³/mol. The van der Waals surface area contributed by atoms with E-state index in [1.165, 1.54) is 0 Å². The number of likely N-dealkylation sites (N-methyl/N-ethyl adjacent to an activating group) is 1. The number of halogens is 1. The molecule has 0 amide bonds. The van der Waals surface area contributed by atoms with Crippen LogP contribution in [0.3, 0.4) is 0 Å². The molecule has 7 heteroatoms. The number of carbonyl (C=O) groups is 1. The number of aromatic nitrogens is 1. The average Bonchev–Trinajstić information content (AvgIpc) is 2.77. The van der Waals surface area contributed by atoms with Crippen LogP contribution in [0.1, 0.15) is 5.69 Å². The number of hydrogen-bond acceptors (Lipinski definition) is 5. The molecule has 6 nitrogen and oxygen atoms in total. The van der Waals surface area contributed by atoms with Gasteiger partial charge in [0.05, 0.1) is 17.9 Å². The normalized spacial score (nSPS) is 18.3. The number of hydroxylamine groups is 1. The zero-order valence-corrected chi connectivity index (χ0v) is 11.9. The number of aliphatic carboxylic acids is 1. The third-order valence-electron chi connectivity index (χ3n) is 2.57. The van der Waals surface area contributed by atoms with Crippen molar-refractivity contribution in [3.63, 3.8) is 0 Å². The summed E-state index contributed by atoms with van der Waals surface area (Å²) < 4.78 is 0.911. The van der Waals surface area contributed by atoms with Gasteiger partial charge in [0.1, 0.15) is 6.10 Å². The Morgan fingerprint density at radius 2 is 2.42 bits per heavy atom. The first-order valence-electron chi connectivity index (χ1n) is 5.70. The topological polar surface area (TPSA) is 74.7 Å². The van der Waals surface area contributed by atoms with E-state index in [1.54, 1.807) is 18.1 Å². The number of pyridine rings is 1. The maximum Gasteiger partial charge on any atom is 0.317 e. The first kappa shape index (κ1) is 14.0. The Hall–Kier alpha value is -1.44. The van der Waals surface area contributed by atoms with Gasteiger partial charge in [0.15, 0.2) is 0 Å². The Balaban J connectivity index is 1.97. The number of nitrogens with one attached hydrogen (secondary N) is 1. The smallest absolute Gasteiger partial charge is 0.317 e. The lowest BCUT2D eigenvalue weighted by molar-refractivity contribution is -0.138. The van der Waals surface area contributed by atoms with Gasteiger partial charge in [-0.2, -0.15) is 0 Å². The molecule has 0 unspecified atom stereocenters. The van der Waals surface area contributed by atoms with Crippen LogP contribution in [0.4, 0.5) is 0 Å². The molecule has 1 aliphatic heterocycles. The highest BCUT2D eigenvalue weighted by molar-refractivity contribution is 9.10. The van der Waals surface area contributed by atoms with Crippen LogP contribution in [0.5, 0.6) is 0 Å². The van der Waals surface area contributed by atoms with E-state index in [2.05, 4.69) is 26.4 Å². The van der Waals surface area contributed by atoms with Crippen molar-refractivity contribution >= 4 is 27.6 Å². The summed E-state index contributed by atoms with van der Waals surface area (Å²) in [5, 5.41) is 8.69. The summed E-state index contributed by atoms with van der Waals surface area (Å²) in [6.07, 6.45) is 3.42. The summed E-state index contributed by atoms with van der Waals surface area (Å²) >= 11 is 3.33. The van der Waals surface area contributed by atoms with Crippen LogP contribution in [0.2, 0.25) is 0 Å². The molecule has 2 N–H and O–H groups in total. The van der Waals surface area contributed by atoms with Crippen LogP contribution in [0, 0.1) is 0 Å². The zero-order valence-electron chi connectivity index (χ0n) is 10.3. The van der Waals surface area contributed by atoms with Gasteiger partial charge in [0, 0.05) is 17.2 Å². The van der Waals surface area contributed by atoms with Crippen molar-refractivity contribution in [3.8, 4) is 0 Å². The van der Waals surface area contributed by atoms with Crippen molar-refractivity contribution in [2.45, 2.75) is 6.10 Å². The highest BCUT2D eigenvalue weighted by Crippen LogP contribution is 2.18. The van der Waals surface area contributed by atoms with Gasteiger partial charge in [-0.1, -0.05) is 0 Å². The van der Waals surface area contributed by atoms with Crippen LogP contribution in [-0.2, 0) is 9.63 Å². The average molecular weight is 328 g/mol. The Kier molecular flexibility index (Phi) is 4.52. The van der Waals surface area contributed by atoms with Gasteiger partial charge in [-0.25, -0.2) is 0 Å². The monoisotopic (exact) mass is 327 g/mol. The molecule has 0 saturated carbocycles. The molecule has 2 rings (SSSR count). The van der Waals surface area contributed by atoms with E-state index in [4.69, 9.17) is 9.94 Å². The van der Waals surface area contributed by atoms with E-state index in [-0.39, 0.29) is 12.6 Å². The van der Waals surface area contributed by atoms with Gasteiger partial charge in [0.25, 0.3) is 0 Å². The Bertz CT molecular complexity index is 489. The standard InChI is InChI=1S/C12H14BrN3O3/c1-16(7-12(17)18)6-9-4-11(15-19-9)10-3-2-8(13)5-14-10/h2-5,9,15H,6-7H2,1H3,(H,17,18)/t9-/m0/s1. The fourth-order valence-electron chi connectivity index (χ4n) is 1.76. The summed E-state index contributed by atoms with van der Waals surface area (Å²) in [5.41, 5.74) is 4.39. The van der Waals surface area contributed by atoms with Crippen LogP contribution in [0.25, 0.3) is 5.70 Å². The second-order valence-electron chi connectivity index (χ2n) is 4.29.